The van der Waals surface area contributed by atoms with E-state index in [2.05, 4.69) is 143 Å². The summed E-state index contributed by atoms with van der Waals surface area (Å²) < 4.78 is 11.5. The zero-order valence-corrected chi connectivity index (χ0v) is 31.1. The van der Waals surface area contributed by atoms with Gasteiger partial charge in [-0.1, -0.05) is 56.4 Å². The summed E-state index contributed by atoms with van der Waals surface area (Å²) in [7, 11) is 2.41. The molecule has 0 saturated carbocycles. The fraction of sp³-hybridized carbons (Fsp3) is 0.421. The van der Waals surface area contributed by atoms with E-state index < -0.39 is 7.92 Å². The van der Waals surface area contributed by atoms with Crippen molar-refractivity contribution in [3.63, 3.8) is 0 Å². The van der Waals surface area contributed by atoms with E-state index in [0.29, 0.717) is 5.66 Å². The van der Waals surface area contributed by atoms with Crippen LogP contribution in [0.25, 0.3) is 0 Å². The van der Waals surface area contributed by atoms with Crippen molar-refractivity contribution in [2.75, 3.05) is 14.2 Å². The van der Waals surface area contributed by atoms with Crippen molar-refractivity contribution in [1.82, 2.24) is 0 Å². The molecule has 4 rings (SSSR count). The minimum atomic E-state index is -0.790. The zero-order valence-electron chi connectivity index (χ0n) is 28.2. The molecule has 0 heterocycles. The Bertz CT molecular complexity index is 1300. The SMILES string of the molecule is COc1c(C)cc(P(c2cc(C)c(OC)c(C)c2)[c-]2cc[c-]c2[C@H](C)P(C(C)(C)C)C(C)(C)C)cc1C.[Fe+2].[c-]1[c-][c-][cH-][c-]1. The Labute approximate surface area is 275 Å². The Morgan fingerprint density at radius 1 is 0.744 bits per heavy atom. The normalized spacial score (nSPS) is 12.4. The summed E-state index contributed by atoms with van der Waals surface area (Å²) in [6.45, 7) is 25.6. The molecular weight excluding hydrogens is 606 g/mol. The Balaban J connectivity index is 0.000000973. The van der Waals surface area contributed by atoms with Gasteiger partial charge >= 0.3 is 17.1 Å². The summed E-state index contributed by atoms with van der Waals surface area (Å²) in [6, 6.07) is 29.6. The summed E-state index contributed by atoms with van der Waals surface area (Å²) in [5.74, 6) is 1.96. The molecule has 2 nitrogen and oxygen atoms in total. The van der Waals surface area contributed by atoms with Gasteiger partial charge in [0.2, 0.25) is 0 Å². The second-order valence-corrected chi connectivity index (χ2v) is 19.3. The molecule has 0 spiro atoms. The number of aryl methyl sites for hydroxylation is 4. The van der Waals surface area contributed by atoms with Gasteiger partial charge in [0.1, 0.15) is 11.5 Å². The standard InChI is InChI=1S/C33H46O2P2.C5H.Fe/c1-21-17-26(18-22(2)30(21)34-12)36(27-19-23(3)31(35-13)24(4)20-27)29-16-14-15-28(29)25(5)37(32(6,7)8)33(9,10)11;1-2-4-5-3-1;/h14,16-20,25H,1-13H3;1H;/q-2;-5;+2/t25-;;/m0../s1. The van der Waals surface area contributed by atoms with Crippen LogP contribution in [0.5, 0.6) is 11.5 Å². The van der Waals surface area contributed by atoms with Crippen LogP contribution in [-0.2, 0) is 17.1 Å². The molecule has 0 aliphatic carbocycles. The maximum atomic E-state index is 5.73. The Morgan fingerprint density at radius 3 is 1.44 bits per heavy atom. The van der Waals surface area contributed by atoms with E-state index >= 15 is 0 Å². The van der Waals surface area contributed by atoms with Gasteiger partial charge in [0.25, 0.3) is 0 Å². The van der Waals surface area contributed by atoms with Crippen LogP contribution in [0.15, 0.2) is 42.5 Å². The van der Waals surface area contributed by atoms with Gasteiger partial charge in [-0.2, -0.15) is 0 Å². The number of hydrogen-bond donors (Lipinski definition) is 0. The molecule has 43 heavy (non-hydrogen) atoms. The fourth-order valence-corrected chi connectivity index (χ4v) is 14.3. The molecule has 5 heteroatoms. The van der Waals surface area contributed by atoms with Gasteiger partial charge in [0.05, 0.1) is 14.2 Å². The largest absolute Gasteiger partial charge is 2.00 e. The van der Waals surface area contributed by atoms with Crippen LogP contribution in [0.1, 0.15) is 81.9 Å². The van der Waals surface area contributed by atoms with Gasteiger partial charge in [-0.3, -0.25) is 11.6 Å². The van der Waals surface area contributed by atoms with Crippen LogP contribution in [0, 0.1) is 58.0 Å². The molecule has 0 fully saturated rings. The molecule has 0 aliphatic heterocycles. The maximum Gasteiger partial charge on any atom is 2.00 e. The summed E-state index contributed by atoms with van der Waals surface area (Å²) in [6.07, 6.45) is 0. The summed E-state index contributed by atoms with van der Waals surface area (Å²) in [4.78, 5) is 0. The summed E-state index contributed by atoms with van der Waals surface area (Å²) in [5.41, 5.74) is 6.56. The van der Waals surface area contributed by atoms with Crippen LogP contribution >= 0.6 is 15.8 Å². The Hall–Kier alpha value is -1.88. The van der Waals surface area contributed by atoms with Crippen LogP contribution in [0.3, 0.4) is 0 Å². The van der Waals surface area contributed by atoms with Gasteiger partial charge in [0.15, 0.2) is 0 Å². The molecule has 0 N–H and O–H groups in total. The number of ether oxygens (including phenoxy) is 2. The monoisotopic (exact) mass is 653 g/mol. The minimum Gasteiger partial charge on any atom is -0.999 e. The molecule has 234 valence electrons. The molecule has 0 saturated heterocycles. The van der Waals surface area contributed by atoms with Crippen LogP contribution < -0.4 is 25.4 Å². The second-order valence-electron chi connectivity index (χ2n) is 12.9. The van der Waals surface area contributed by atoms with Gasteiger partial charge in [-0.25, -0.2) is 5.30 Å². The van der Waals surface area contributed by atoms with Gasteiger partial charge < -0.3 is 51.9 Å². The summed E-state index contributed by atoms with van der Waals surface area (Å²) in [5, 5.41) is 4.62. The topological polar surface area (TPSA) is 18.5 Å². The van der Waals surface area contributed by atoms with E-state index in [9.17, 15) is 0 Å². The first-order chi connectivity index (χ1) is 19.6. The third-order valence-corrected chi connectivity index (χ3v) is 13.8. The van der Waals surface area contributed by atoms with Gasteiger partial charge in [-0.15, -0.1) is 7.92 Å². The predicted octanol–water partition coefficient (Wildman–Crippen LogP) is 8.96. The van der Waals surface area contributed by atoms with Crippen molar-refractivity contribution >= 4 is 31.8 Å². The molecule has 0 radical (unpaired) electrons. The molecule has 1 atom stereocenters. The molecule has 4 aromatic carbocycles. The minimum absolute atomic E-state index is 0. The van der Waals surface area contributed by atoms with Crippen molar-refractivity contribution in [1.29, 1.82) is 0 Å². The van der Waals surface area contributed by atoms with Crippen LogP contribution in [0.2, 0.25) is 0 Å². The van der Waals surface area contributed by atoms with Crippen molar-refractivity contribution in [2.45, 2.75) is 92.1 Å². The molecule has 0 amide bonds. The number of benzene rings is 2. The first-order valence-electron chi connectivity index (χ1n) is 14.5. The third kappa shape index (κ3) is 8.86. The first kappa shape index (κ1) is 37.3. The van der Waals surface area contributed by atoms with E-state index in [0.717, 1.165) is 11.5 Å². The fourth-order valence-electron chi connectivity index (χ4n) is 6.57. The zero-order chi connectivity index (χ0) is 31.4. The van der Waals surface area contributed by atoms with Crippen molar-refractivity contribution in [2.24, 2.45) is 0 Å². The number of hydrogen-bond acceptors (Lipinski definition) is 2. The average molecular weight is 654 g/mol. The van der Waals surface area contributed by atoms with Gasteiger partial charge in [-0.05, 0) is 101 Å². The third-order valence-electron chi connectivity index (χ3n) is 7.41. The van der Waals surface area contributed by atoms with Crippen molar-refractivity contribution < 1.29 is 26.5 Å². The average Bonchev–Trinajstić information content (AvgIpc) is 3.58. The quantitative estimate of drug-likeness (QED) is 0.113. The Morgan fingerprint density at radius 2 is 1.14 bits per heavy atom. The maximum absolute atomic E-state index is 5.73. The molecule has 0 aromatic heterocycles. The van der Waals surface area contributed by atoms with E-state index in [1.165, 1.54) is 43.7 Å². The smallest absolute Gasteiger partial charge is 0.999 e. The van der Waals surface area contributed by atoms with E-state index in [4.69, 9.17) is 9.47 Å². The van der Waals surface area contributed by atoms with E-state index in [1.807, 2.05) is 0 Å². The van der Waals surface area contributed by atoms with Crippen molar-refractivity contribution in [3.8, 4) is 11.5 Å². The summed E-state index contributed by atoms with van der Waals surface area (Å²) >= 11 is 0. The van der Waals surface area contributed by atoms with Crippen LogP contribution in [-0.4, -0.2) is 24.5 Å². The molecule has 4 aromatic rings. The molecule has 0 bridgehead atoms. The van der Waals surface area contributed by atoms with Crippen molar-refractivity contribution in [3.05, 3.63) is 101 Å². The Kier molecular flexibility index (Phi) is 13.4. The molecular formula is C38H47FeO2P2-5. The first-order valence-corrected chi connectivity index (χ1v) is 17.3. The van der Waals surface area contributed by atoms with Gasteiger partial charge in [0, 0.05) is 0 Å². The van der Waals surface area contributed by atoms with E-state index in [-0.39, 0.29) is 35.3 Å². The predicted molar refractivity (Wildman–Crippen MR) is 184 cm³/mol. The second kappa shape index (κ2) is 15.4. The number of methoxy groups -OCH3 is 2. The number of rotatable bonds is 7. The molecule has 0 unspecified atom stereocenters. The van der Waals surface area contributed by atoms with E-state index in [1.54, 1.807) is 20.3 Å². The van der Waals surface area contributed by atoms with Crippen LogP contribution in [0.4, 0.5) is 0 Å². The molecule has 0 aliphatic rings.